The van der Waals surface area contributed by atoms with Gasteiger partial charge in [0, 0.05) is 38.8 Å². The highest BCUT2D eigenvalue weighted by atomic mass is 16.5. The average Bonchev–Trinajstić information content (AvgIpc) is 2.68. The summed E-state index contributed by atoms with van der Waals surface area (Å²) in [4.78, 5) is 28.5. The number of amides is 1. The number of nitrogens with zero attached hydrogens (tertiary/aromatic N) is 4. The molecule has 1 fully saturated rings. The molecule has 2 aromatic rings. The minimum absolute atomic E-state index is 0.00481. The average molecular weight is 384 g/mol. The van der Waals surface area contributed by atoms with Crippen molar-refractivity contribution in [2.45, 2.75) is 26.8 Å². The summed E-state index contributed by atoms with van der Waals surface area (Å²) >= 11 is 0. The molecule has 0 aliphatic carbocycles. The number of aryl methyl sites for hydroxylation is 2. The Labute approximate surface area is 165 Å². The number of hydrogen-bond donors (Lipinski definition) is 0. The first-order valence-electron chi connectivity index (χ1n) is 9.75. The highest BCUT2D eigenvalue weighted by Crippen LogP contribution is 2.12. The lowest BCUT2D eigenvalue weighted by molar-refractivity contribution is -0.133. The lowest BCUT2D eigenvalue weighted by atomic mass is 10.2. The molecule has 7 heteroatoms. The van der Waals surface area contributed by atoms with Gasteiger partial charge in [0.25, 0.3) is 5.56 Å². The van der Waals surface area contributed by atoms with Gasteiger partial charge in [-0.3, -0.25) is 14.5 Å². The van der Waals surface area contributed by atoms with E-state index in [9.17, 15) is 9.59 Å². The minimum atomic E-state index is -0.244. The first kappa shape index (κ1) is 20.1. The molecule has 1 amide bonds. The lowest BCUT2D eigenvalue weighted by Crippen LogP contribution is -2.50. The summed E-state index contributed by atoms with van der Waals surface area (Å²) < 4.78 is 7.04. The molecule has 0 bridgehead atoms. The molecule has 0 unspecified atom stereocenters. The van der Waals surface area contributed by atoms with Crippen LogP contribution in [0.2, 0.25) is 0 Å². The molecule has 0 N–H and O–H groups in total. The first-order chi connectivity index (χ1) is 13.5. The van der Waals surface area contributed by atoms with E-state index in [0.717, 1.165) is 37.5 Å². The molecule has 0 atom stereocenters. The van der Waals surface area contributed by atoms with Gasteiger partial charge in [-0.1, -0.05) is 12.1 Å². The second-order valence-corrected chi connectivity index (χ2v) is 7.21. The molecule has 28 heavy (non-hydrogen) atoms. The lowest BCUT2D eigenvalue weighted by Gasteiger charge is -2.34. The van der Waals surface area contributed by atoms with E-state index in [-0.39, 0.29) is 18.0 Å². The van der Waals surface area contributed by atoms with Crippen molar-refractivity contribution >= 4 is 5.91 Å². The van der Waals surface area contributed by atoms with Crippen LogP contribution in [0.1, 0.15) is 17.7 Å². The fraction of sp³-hybridized carbons (Fsp3) is 0.476. The number of aromatic nitrogens is 2. The Kier molecular flexibility index (Phi) is 6.81. The van der Waals surface area contributed by atoms with Crippen LogP contribution in [0.15, 0.2) is 41.2 Å². The molecule has 150 valence electrons. The van der Waals surface area contributed by atoms with E-state index < -0.39 is 0 Å². The fourth-order valence-corrected chi connectivity index (χ4v) is 3.30. The number of carbonyl (C=O) groups excluding carboxylic acids is 1. The number of hydrogen-bond acceptors (Lipinski definition) is 5. The summed E-state index contributed by atoms with van der Waals surface area (Å²) in [7, 11) is 0. The molecular formula is C21H28N4O3. The fourth-order valence-electron chi connectivity index (χ4n) is 3.30. The highest BCUT2D eigenvalue weighted by molar-refractivity contribution is 5.76. The van der Waals surface area contributed by atoms with E-state index in [0.29, 0.717) is 19.7 Å². The zero-order valence-electron chi connectivity index (χ0n) is 16.6. The molecule has 1 aliphatic heterocycles. The number of piperazine rings is 1. The van der Waals surface area contributed by atoms with Crippen LogP contribution in [0.4, 0.5) is 0 Å². The molecular weight excluding hydrogens is 356 g/mol. The third kappa shape index (κ3) is 5.66. The van der Waals surface area contributed by atoms with Crippen molar-refractivity contribution in [1.82, 2.24) is 19.6 Å². The van der Waals surface area contributed by atoms with Crippen molar-refractivity contribution in [2.75, 3.05) is 39.3 Å². The molecule has 1 saturated heterocycles. The Balaban J connectivity index is 1.37. The standard InChI is InChI=1S/C21H28N4O3/c1-17-5-3-6-19(15-17)28-14-4-9-23-10-12-24(13-11-23)21(27)16-25-20(26)8-7-18(2)22-25/h3,5-8,15H,4,9-14,16H2,1-2H3. The maximum Gasteiger partial charge on any atom is 0.267 e. The maximum absolute atomic E-state index is 12.5. The van der Waals surface area contributed by atoms with Crippen molar-refractivity contribution in [3.63, 3.8) is 0 Å². The minimum Gasteiger partial charge on any atom is -0.494 e. The molecule has 7 nitrogen and oxygen atoms in total. The van der Waals surface area contributed by atoms with Gasteiger partial charge in [0.1, 0.15) is 12.3 Å². The smallest absolute Gasteiger partial charge is 0.267 e. The van der Waals surface area contributed by atoms with Crippen LogP contribution >= 0.6 is 0 Å². The van der Waals surface area contributed by atoms with Crippen LogP contribution in [0, 0.1) is 13.8 Å². The van der Waals surface area contributed by atoms with Gasteiger partial charge in [0.2, 0.25) is 5.91 Å². The van der Waals surface area contributed by atoms with E-state index in [2.05, 4.69) is 23.0 Å². The van der Waals surface area contributed by atoms with Crippen LogP contribution in [0.5, 0.6) is 5.75 Å². The number of benzene rings is 1. The summed E-state index contributed by atoms with van der Waals surface area (Å²) in [5.41, 5.74) is 1.68. The number of carbonyl (C=O) groups is 1. The van der Waals surface area contributed by atoms with Crippen molar-refractivity contribution in [3.05, 3.63) is 58.0 Å². The summed E-state index contributed by atoms with van der Waals surface area (Å²) in [6, 6.07) is 11.2. The van der Waals surface area contributed by atoms with Gasteiger partial charge >= 0.3 is 0 Å². The van der Waals surface area contributed by atoms with Crippen LogP contribution < -0.4 is 10.3 Å². The van der Waals surface area contributed by atoms with Gasteiger partial charge < -0.3 is 9.64 Å². The predicted molar refractivity (Wildman–Crippen MR) is 108 cm³/mol. The molecule has 0 saturated carbocycles. The molecule has 1 aromatic heterocycles. The van der Waals surface area contributed by atoms with Gasteiger partial charge in [-0.05, 0) is 44.0 Å². The molecule has 1 aromatic carbocycles. The Hall–Kier alpha value is -2.67. The number of ether oxygens (including phenoxy) is 1. The molecule has 0 spiro atoms. The van der Waals surface area contributed by atoms with Crippen molar-refractivity contribution in [2.24, 2.45) is 0 Å². The number of rotatable bonds is 7. The second kappa shape index (κ2) is 9.50. The van der Waals surface area contributed by atoms with E-state index in [1.807, 2.05) is 30.0 Å². The maximum atomic E-state index is 12.5. The Bertz CT molecular complexity index is 857. The van der Waals surface area contributed by atoms with Crippen molar-refractivity contribution < 1.29 is 9.53 Å². The van der Waals surface area contributed by atoms with Crippen LogP contribution in [0.3, 0.4) is 0 Å². The van der Waals surface area contributed by atoms with Crippen LogP contribution in [-0.2, 0) is 11.3 Å². The monoisotopic (exact) mass is 384 g/mol. The van der Waals surface area contributed by atoms with Gasteiger partial charge in [-0.15, -0.1) is 0 Å². The molecule has 3 rings (SSSR count). The van der Waals surface area contributed by atoms with Gasteiger partial charge in [0.15, 0.2) is 0 Å². The first-order valence-corrected chi connectivity index (χ1v) is 9.75. The van der Waals surface area contributed by atoms with E-state index in [4.69, 9.17) is 4.74 Å². The third-order valence-corrected chi connectivity index (χ3v) is 4.89. The molecule has 0 radical (unpaired) electrons. The SMILES string of the molecule is Cc1cccc(OCCCN2CCN(C(=O)Cn3nc(C)ccc3=O)CC2)c1. The predicted octanol–water partition coefficient (Wildman–Crippen LogP) is 1.47. The van der Waals surface area contributed by atoms with Crippen LogP contribution in [-0.4, -0.2) is 64.8 Å². The molecule has 1 aliphatic rings. The highest BCUT2D eigenvalue weighted by Gasteiger charge is 2.21. The van der Waals surface area contributed by atoms with E-state index >= 15 is 0 Å². The Morgan fingerprint density at radius 1 is 1.11 bits per heavy atom. The zero-order chi connectivity index (χ0) is 19.9. The third-order valence-electron chi connectivity index (χ3n) is 4.89. The van der Waals surface area contributed by atoms with Crippen molar-refractivity contribution in [3.8, 4) is 5.75 Å². The van der Waals surface area contributed by atoms with E-state index in [1.165, 1.54) is 16.3 Å². The molecule has 2 heterocycles. The largest absolute Gasteiger partial charge is 0.494 e. The Morgan fingerprint density at radius 3 is 2.64 bits per heavy atom. The van der Waals surface area contributed by atoms with Gasteiger partial charge in [-0.25, -0.2) is 4.68 Å². The second-order valence-electron chi connectivity index (χ2n) is 7.21. The summed E-state index contributed by atoms with van der Waals surface area (Å²) in [6.07, 6.45) is 0.949. The topological polar surface area (TPSA) is 67.7 Å². The van der Waals surface area contributed by atoms with Gasteiger partial charge in [0.05, 0.1) is 12.3 Å². The zero-order valence-corrected chi connectivity index (χ0v) is 16.6. The normalized spacial score (nSPS) is 14.9. The quantitative estimate of drug-likeness (QED) is 0.677. The van der Waals surface area contributed by atoms with Gasteiger partial charge in [-0.2, -0.15) is 5.10 Å². The Morgan fingerprint density at radius 2 is 1.89 bits per heavy atom. The summed E-state index contributed by atoms with van der Waals surface area (Å²) in [5, 5.41) is 4.14. The van der Waals surface area contributed by atoms with Crippen molar-refractivity contribution in [1.29, 1.82) is 0 Å². The van der Waals surface area contributed by atoms with Crippen LogP contribution in [0.25, 0.3) is 0 Å². The summed E-state index contributed by atoms with van der Waals surface area (Å²) in [6.45, 7) is 8.54. The van der Waals surface area contributed by atoms with E-state index in [1.54, 1.807) is 6.07 Å². The summed E-state index contributed by atoms with van der Waals surface area (Å²) in [5.74, 6) is 0.859.